The molecule has 72 valence electrons. The zero-order chi connectivity index (χ0) is 10.0. The maximum absolute atomic E-state index is 13.2. The van der Waals surface area contributed by atoms with Gasteiger partial charge in [-0.15, -0.1) is 0 Å². The van der Waals surface area contributed by atoms with E-state index < -0.39 is 0 Å². The Labute approximate surface area is 82.7 Å². The lowest BCUT2D eigenvalue weighted by Crippen LogP contribution is -2.09. The Morgan fingerprint density at radius 3 is 2.62 bits per heavy atom. The van der Waals surface area contributed by atoms with Crippen molar-refractivity contribution in [3.63, 3.8) is 0 Å². The highest BCUT2D eigenvalue weighted by Crippen LogP contribution is 2.24. The minimum absolute atomic E-state index is 0.146. The van der Waals surface area contributed by atoms with E-state index in [-0.39, 0.29) is 11.7 Å². The van der Waals surface area contributed by atoms with E-state index in [4.69, 9.17) is 17.3 Å². The van der Waals surface area contributed by atoms with E-state index in [1.807, 2.05) is 6.92 Å². The lowest BCUT2D eigenvalue weighted by atomic mass is 10.00. The molecule has 0 spiro atoms. The second kappa shape index (κ2) is 4.07. The standard InChI is InChI=1S/C10H13ClFN/c1-6(5-13)8-3-9(11)7(2)10(12)4-8/h3-4,6H,5,13H2,1-2H3. The molecule has 1 aromatic rings. The Kier molecular flexibility index (Phi) is 3.28. The minimum atomic E-state index is -0.261. The quantitative estimate of drug-likeness (QED) is 0.783. The van der Waals surface area contributed by atoms with E-state index in [0.717, 1.165) is 5.56 Å². The van der Waals surface area contributed by atoms with Crippen LogP contribution in [0.25, 0.3) is 0 Å². The third-order valence-electron chi connectivity index (χ3n) is 2.23. The summed E-state index contributed by atoms with van der Waals surface area (Å²) in [4.78, 5) is 0. The van der Waals surface area contributed by atoms with E-state index in [1.54, 1.807) is 13.0 Å². The minimum Gasteiger partial charge on any atom is -0.330 e. The highest BCUT2D eigenvalue weighted by molar-refractivity contribution is 6.31. The molecule has 0 heterocycles. The number of nitrogens with two attached hydrogens (primary N) is 1. The summed E-state index contributed by atoms with van der Waals surface area (Å²) in [6.45, 7) is 4.10. The second-order valence-corrected chi connectivity index (χ2v) is 3.65. The first-order valence-electron chi connectivity index (χ1n) is 4.22. The van der Waals surface area contributed by atoms with Gasteiger partial charge in [-0.3, -0.25) is 0 Å². The van der Waals surface area contributed by atoms with Crippen LogP contribution in [0, 0.1) is 12.7 Å². The number of rotatable bonds is 2. The average molecular weight is 202 g/mol. The van der Waals surface area contributed by atoms with Crippen LogP contribution in [0.2, 0.25) is 5.02 Å². The van der Waals surface area contributed by atoms with Gasteiger partial charge in [0.2, 0.25) is 0 Å². The second-order valence-electron chi connectivity index (χ2n) is 3.25. The fraction of sp³-hybridized carbons (Fsp3) is 0.400. The third-order valence-corrected chi connectivity index (χ3v) is 2.62. The zero-order valence-electron chi connectivity index (χ0n) is 7.77. The summed E-state index contributed by atoms with van der Waals surface area (Å²) in [6.07, 6.45) is 0. The molecule has 0 fully saturated rings. The summed E-state index contributed by atoms with van der Waals surface area (Å²) in [5, 5.41) is 0.468. The fourth-order valence-electron chi connectivity index (χ4n) is 1.09. The van der Waals surface area contributed by atoms with Crippen LogP contribution in [-0.2, 0) is 0 Å². The first-order chi connectivity index (χ1) is 6.06. The molecule has 0 aliphatic carbocycles. The number of hydrogen-bond donors (Lipinski definition) is 1. The normalized spacial score (nSPS) is 13.0. The number of hydrogen-bond acceptors (Lipinski definition) is 1. The summed E-state index contributed by atoms with van der Waals surface area (Å²) in [7, 11) is 0. The highest BCUT2D eigenvalue weighted by Gasteiger charge is 2.09. The molecule has 1 unspecified atom stereocenters. The fourth-order valence-corrected chi connectivity index (χ4v) is 1.30. The molecule has 1 aromatic carbocycles. The highest BCUT2D eigenvalue weighted by atomic mass is 35.5. The Morgan fingerprint density at radius 2 is 2.15 bits per heavy atom. The summed E-state index contributed by atoms with van der Waals surface area (Å²) in [5.41, 5.74) is 6.83. The van der Waals surface area contributed by atoms with Crippen molar-refractivity contribution in [3.8, 4) is 0 Å². The molecule has 0 saturated heterocycles. The van der Waals surface area contributed by atoms with Gasteiger partial charge in [-0.25, -0.2) is 4.39 Å². The van der Waals surface area contributed by atoms with Gasteiger partial charge in [0.1, 0.15) is 5.82 Å². The molecule has 1 rings (SSSR count). The van der Waals surface area contributed by atoms with Crippen molar-refractivity contribution in [2.45, 2.75) is 19.8 Å². The topological polar surface area (TPSA) is 26.0 Å². The van der Waals surface area contributed by atoms with Gasteiger partial charge in [-0.05, 0) is 37.1 Å². The SMILES string of the molecule is Cc1c(F)cc(C(C)CN)cc1Cl. The van der Waals surface area contributed by atoms with Crippen LogP contribution in [0.3, 0.4) is 0 Å². The Balaban J connectivity index is 3.13. The maximum atomic E-state index is 13.2. The van der Waals surface area contributed by atoms with Crippen molar-refractivity contribution < 1.29 is 4.39 Å². The monoisotopic (exact) mass is 201 g/mol. The molecule has 1 atom stereocenters. The summed E-state index contributed by atoms with van der Waals surface area (Å²) < 4.78 is 13.2. The van der Waals surface area contributed by atoms with Crippen LogP contribution in [0.4, 0.5) is 4.39 Å². The predicted molar refractivity (Wildman–Crippen MR) is 53.6 cm³/mol. The molecule has 0 aromatic heterocycles. The van der Waals surface area contributed by atoms with E-state index >= 15 is 0 Å². The molecule has 0 aliphatic rings. The first kappa shape index (κ1) is 10.5. The van der Waals surface area contributed by atoms with Crippen molar-refractivity contribution in [1.82, 2.24) is 0 Å². The lowest BCUT2D eigenvalue weighted by Gasteiger charge is -2.10. The van der Waals surface area contributed by atoms with Crippen molar-refractivity contribution >= 4 is 11.6 Å². The molecule has 0 radical (unpaired) electrons. The number of benzene rings is 1. The summed E-state index contributed by atoms with van der Waals surface area (Å²) >= 11 is 5.84. The molecule has 0 bridgehead atoms. The molecule has 13 heavy (non-hydrogen) atoms. The van der Waals surface area contributed by atoms with Crippen LogP contribution >= 0.6 is 11.6 Å². The van der Waals surface area contributed by atoms with E-state index in [9.17, 15) is 4.39 Å². The Hall–Kier alpha value is -0.600. The van der Waals surface area contributed by atoms with Crippen LogP contribution in [0.15, 0.2) is 12.1 Å². The third kappa shape index (κ3) is 2.20. The molecule has 0 aliphatic heterocycles. The van der Waals surface area contributed by atoms with E-state index in [0.29, 0.717) is 17.1 Å². The van der Waals surface area contributed by atoms with Crippen LogP contribution in [-0.4, -0.2) is 6.54 Å². The van der Waals surface area contributed by atoms with E-state index in [2.05, 4.69) is 0 Å². The van der Waals surface area contributed by atoms with E-state index in [1.165, 1.54) is 6.07 Å². The van der Waals surface area contributed by atoms with Crippen molar-refractivity contribution in [2.24, 2.45) is 5.73 Å². The Bertz CT molecular complexity index is 289. The largest absolute Gasteiger partial charge is 0.330 e. The van der Waals surface area contributed by atoms with Gasteiger partial charge < -0.3 is 5.73 Å². The predicted octanol–water partition coefficient (Wildman–Crippen LogP) is 2.85. The number of halogens is 2. The molecule has 2 N–H and O–H groups in total. The van der Waals surface area contributed by atoms with Gasteiger partial charge in [0, 0.05) is 10.6 Å². The van der Waals surface area contributed by atoms with Gasteiger partial charge in [0.05, 0.1) is 0 Å². The van der Waals surface area contributed by atoms with Gasteiger partial charge in [-0.2, -0.15) is 0 Å². The molecule has 3 heteroatoms. The Morgan fingerprint density at radius 1 is 1.54 bits per heavy atom. The van der Waals surface area contributed by atoms with Gasteiger partial charge in [0.25, 0.3) is 0 Å². The average Bonchev–Trinajstić information content (AvgIpc) is 2.12. The van der Waals surface area contributed by atoms with Crippen LogP contribution in [0.5, 0.6) is 0 Å². The lowest BCUT2D eigenvalue weighted by molar-refractivity contribution is 0.612. The van der Waals surface area contributed by atoms with Crippen molar-refractivity contribution in [3.05, 3.63) is 34.1 Å². The molecule has 1 nitrogen and oxygen atoms in total. The van der Waals surface area contributed by atoms with Crippen LogP contribution < -0.4 is 5.73 Å². The van der Waals surface area contributed by atoms with Gasteiger partial charge in [0.15, 0.2) is 0 Å². The summed E-state index contributed by atoms with van der Waals surface area (Å²) in [5.74, 6) is -0.115. The van der Waals surface area contributed by atoms with Crippen molar-refractivity contribution in [1.29, 1.82) is 0 Å². The maximum Gasteiger partial charge on any atom is 0.127 e. The van der Waals surface area contributed by atoms with Crippen molar-refractivity contribution in [2.75, 3.05) is 6.54 Å². The summed E-state index contributed by atoms with van der Waals surface area (Å²) in [6, 6.07) is 3.27. The zero-order valence-corrected chi connectivity index (χ0v) is 8.53. The smallest absolute Gasteiger partial charge is 0.127 e. The van der Waals surface area contributed by atoms with Crippen LogP contribution in [0.1, 0.15) is 24.0 Å². The first-order valence-corrected chi connectivity index (χ1v) is 4.59. The van der Waals surface area contributed by atoms with Gasteiger partial charge in [-0.1, -0.05) is 18.5 Å². The molecular weight excluding hydrogens is 189 g/mol. The molecule has 0 saturated carbocycles. The molecular formula is C10H13ClFN. The molecule has 0 amide bonds. The van der Waals surface area contributed by atoms with Gasteiger partial charge >= 0.3 is 0 Å².